The fraction of sp³-hybridized carbons (Fsp3) is 0.200. The van der Waals surface area contributed by atoms with Crippen LogP contribution >= 0.6 is 0 Å². The number of aromatic nitrogens is 4. The molecule has 8 nitrogen and oxygen atoms in total. The lowest BCUT2D eigenvalue weighted by atomic mass is 10.1. The summed E-state index contributed by atoms with van der Waals surface area (Å²) >= 11 is 0. The monoisotopic (exact) mass is 376 g/mol. The Bertz CT molecular complexity index is 1190. The fourth-order valence-electron chi connectivity index (χ4n) is 3.43. The molecule has 1 saturated carbocycles. The van der Waals surface area contributed by atoms with Crippen molar-refractivity contribution in [3.05, 3.63) is 53.9 Å². The second-order valence-electron chi connectivity index (χ2n) is 6.73. The van der Waals surface area contributed by atoms with Crippen LogP contribution < -0.4 is 4.74 Å². The van der Waals surface area contributed by atoms with Gasteiger partial charge in [0, 0.05) is 17.5 Å². The van der Waals surface area contributed by atoms with E-state index in [0.717, 1.165) is 23.8 Å². The van der Waals surface area contributed by atoms with Crippen LogP contribution in [0.25, 0.3) is 27.9 Å². The topological polar surface area (TPSA) is 103 Å². The Morgan fingerprint density at radius 1 is 1.25 bits per heavy atom. The summed E-state index contributed by atoms with van der Waals surface area (Å²) < 4.78 is 12.7. The van der Waals surface area contributed by atoms with Crippen molar-refractivity contribution in [2.45, 2.75) is 18.8 Å². The van der Waals surface area contributed by atoms with Crippen molar-refractivity contribution in [2.24, 2.45) is 0 Å². The molecule has 4 aromatic rings. The van der Waals surface area contributed by atoms with Crippen LogP contribution in [0.3, 0.4) is 0 Å². The number of hydrogen-bond acceptors (Lipinski definition) is 6. The molecule has 1 N–H and O–H groups in total. The largest absolute Gasteiger partial charge is 0.494 e. The smallest absolute Gasteiger partial charge is 0.358 e. The lowest BCUT2D eigenvalue weighted by molar-refractivity contribution is 0.0689. The number of nitrogens with zero attached hydrogens (tertiary/aromatic N) is 4. The quantitative estimate of drug-likeness (QED) is 0.567. The van der Waals surface area contributed by atoms with Gasteiger partial charge in [0.05, 0.1) is 18.2 Å². The zero-order chi connectivity index (χ0) is 19.3. The van der Waals surface area contributed by atoms with Crippen molar-refractivity contribution >= 4 is 16.9 Å². The highest BCUT2D eigenvalue weighted by molar-refractivity contribution is 5.94. The van der Waals surface area contributed by atoms with E-state index in [1.807, 2.05) is 36.4 Å². The molecule has 1 fully saturated rings. The fourth-order valence-corrected chi connectivity index (χ4v) is 3.43. The summed E-state index contributed by atoms with van der Waals surface area (Å²) in [5.74, 6) is 0.205. The molecule has 140 valence electrons. The Kier molecular flexibility index (Phi) is 3.65. The summed E-state index contributed by atoms with van der Waals surface area (Å²) in [6, 6.07) is 13.3. The number of ether oxygens (including phenoxy) is 1. The minimum absolute atomic E-state index is 0.0155. The number of aromatic carboxylic acids is 1. The van der Waals surface area contributed by atoms with Gasteiger partial charge in [-0.2, -0.15) is 0 Å². The van der Waals surface area contributed by atoms with Crippen LogP contribution in [-0.4, -0.2) is 38.3 Å². The summed E-state index contributed by atoms with van der Waals surface area (Å²) in [6.45, 7) is 0. The van der Waals surface area contributed by atoms with E-state index in [9.17, 15) is 9.90 Å². The van der Waals surface area contributed by atoms with Crippen LogP contribution in [0, 0.1) is 0 Å². The van der Waals surface area contributed by atoms with Crippen molar-refractivity contribution in [1.29, 1.82) is 0 Å². The molecule has 0 bridgehead atoms. The Morgan fingerprint density at radius 2 is 2.04 bits per heavy atom. The van der Waals surface area contributed by atoms with Crippen LogP contribution in [0.15, 0.2) is 47.0 Å². The van der Waals surface area contributed by atoms with Gasteiger partial charge in [-0.15, -0.1) is 5.10 Å². The highest BCUT2D eigenvalue weighted by Gasteiger charge is 2.35. The van der Waals surface area contributed by atoms with Crippen molar-refractivity contribution in [3.8, 4) is 22.8 Å². The average Bonchev–Trinajstić information content (AvgIpc) is 3.32. The van der Waals surface area contributed by atoms with E-state index in [1.165, 1.54) is 0 Å². The molecular formula is C20H16N4O4. The number of carboxylic acid groups (broad SMARTS) is 1. The molecule has 1 aliphatic carbocycles. The van der Waals surface area contributed by atoms with Crippen LogP contribution in [0.4, 0.5) is 0 Å². The SMILES string of the molecule is COc1cc2noc(-c3ccccc3)c2cc1-n1nnc(C(=O)O)c1C1CC1. The molecule has 0 saturated heterocycles. The molecule has 2 aromatic heterocycles. The maximum atomic E-state index is 11.6. The number of rotatable bonds is 5. The maximum Gasteiger partial charge on any atom is 0.358 e. The molecule has 2 heterocycles. The molecule has 28 heavy (non-hydrogen) atoms. The van der Waals surface area contributed by atoms with Crippen LogP contribution in [0.1, 0.15) is 34.9 Å². The zero-order valence-corrected chi connectivity index (χ0v) is 15.0. The Hall–Kier alpha value is -3.68. The summed E-state index contributed by atoms with van der Waals surface area (Å²) in [5, 5.41) is 22.4. The molecule has 5 rings (SSSR count). The van der Waals surface area contributed by atoms with Gasteiger partial charge >= 0.3 is 5.97 Å². The first-order valence-electron chi connectivity index (χ1n) is 8.89. The minimum Gasteiger partial charge on any atom is -0.494 e. The molecule has 0 radical (unpaired) electrons. The first-order valence-corrected chi connectivity index (χ1v) is 8.89. The summed E-state index contributed by atoms with van der Waals surface area (Å²) in [5.41, 5.74) is 2.73. The number of hydrogen-bond donors (Lipinski definition) is 1. The lowest BCUT2D eigenvalue weighted by Crippen LogP contribution is -2.07. The van der Waals surface area contributed by atoms with Gasteiger partial charge in [0.15, 0.2) is 11.5 Å². The normalized spacial score (nSPS) is 13.8. The van der Waals surface area contributed by atoms with Crippen LogP contribution in [-0.2, 0) is 0 Å². The van der Waals surface area contributed by atoms with E-state index in [0.29, 0.717) is 28.4 Å². The van der Waals surface area contributed by atoms with Gasteiger partial charge in [0.25, 0.3) is 0 Å². The van der Waals surface area contributed by atoms with Gasteiger partial charge in [-0.25, -0.2) is 9.48 Å². The highest BCUT2D eigenvalue weighted by Crippen LogP contribution is 2.43. The van der Waals surface area contributed by atoms with E-state index in [2.05, 4.69) is 15.5 Å². The number of carboxylic acids is 1. The Labute approximate surface area is 159 Å². The molecule has 8 heteroatoms. The summed E-state index contributed by atoms with van der Waals surface area (Å²) in [4.78, 5) is 11.6. The number of carbonyl (C=O) groups is 1. The Morgan fingerprint density at radius 3 is 2.71 bits per heavy atom. The first kappa shape index (κ1) is 16.5. The molecule has 1 aliphatic rings. The molecule has 2 aromatic carbocycles. The average molecular weight is 376 g/mol. The van der Waals surface area contributed by atoms with E-state index < -0.39 is 5.97 Å². The molecular weight excluding hydrogens is 360 g/mol. The van der Waals surface area contributed by atoms with Crippen molar-refractivity contribution in [1.82, 2.24) is 20.2 Å². The number of methoxy groups -OCH3 is 1. The molecule has 0 unspecified atom stereocenters. The van der Waals surface area contributed by atoms with Gasteiger partial charge < -0.3 is 14.4 Å². The van der Waals surface area contributed by atoms with Gasteiger partial charge in [-0.3, -0.25) is 0 Å². The van der Waals surface area contributed by atoms with E-state index in [-0.39, 0.29) is 11.6 Å². The Balaban J connectivity index is 1.75. The van der Waals surface area contributed by atoms with Crippen molar-refractivity contribution in [2.75, 3.05) is 7.11 Å². The molecule has 0 aliphatic heterocycles. The first-order chi connectivity index (χ1) is 13.7. The second kappa shape index (κ2) is 6.19. The molecule has 0 spiro atoms. The van der Waals surface area contributed by atoms with Crippen LogP contribution in [0.2, 0.25) is 0 Å². The van der Waals surface area contributed by atoms with Gasteiger partial charge in [0.2, 0.25) is 0 Å². The lowest BCUT2D eigenvalue weighted by Gasteiger charge is -2.11. The van der Waals surface area contributed by atoms with Gasteiger partial charge in [-0.1, -0.05) is 40.7 Å². The molecule has 0 amide bonds. The number of fused-ring (bicyclic) bond motifs is 1. The van der Waals surface area contributed by atoms with E-state index in [4.69, 9.17) is 9.26 Å². The van der Waals surface area contributed by atoms with E-state index in [1.54, 1.807) is 17.9 Å². The third-order valence-electron chi connectivity index (χ3n) is 4.91. The zero-order valence-electron chi connectivity index (χ0n) is 15.0. The third kappa shape index (κ3) is 2.53. The minimum atomic E-state index is -1.08. The van der Waals surface area contributed by atoms with Crippen molar-refractivity contribution in [3.63, 3.8) is 0 Å². The van der Waals surface area contributed by atoms with Gasteiger partial charge in [-0.05, 0) is 18.9 Å². The third-order valence-corrected chi connectivity index (χ3v) is 4.91. The predicted molar refractivity (Wildman–Crippen MR) is 99.8 cm³/mol. The number of benzene rings is 2. The van der Waals surface area contributed by atoms with Crippen molar-refractivity contribution < 1.29 is 19.2 Å². The second-order valence-corrected chi connectivity index (χ2v) is 6.73. The predicted octanol–water partition coefficient (Wildman–Crippen LogP) is 3.66. The molecule has 0 atom stereocenters. The summed E-state index contributed by atoms with van der Waals surface area (Å²) in [7, 11) is 1.55. The standard InChI is InChI=1S/C20H16N4O4/c1-27-16-10-14-13(19(28-22-14)12-5-3-2-4-6-12)9-15(16)24-18(11-7-8-11)17(20(25)26)21-23-24/h2-6,9-11H,7-8H2,1H3,(H,25,26). The maximum absolute atomic E-state index is 11.6. The van der Waals surface area contributed by atoms with Gasteiger partial charge in [0.1, 0.15) is 17.0 Å². The van der Waals surface area contributed by atoms with Crippen LogP contribution in [0.5, 0.6) is 5.75 Å². The highest BCUT2D eigenvalue weighted by atomic mass is 16.5. The summed E-state index contributed by atoms with van der Waals surface area (Å²) in [6.07, 6.45) is 1.83. The van der Waals surface area contributed by atoms with E-state index >= 15 is 0 Å².